The van der Waals surface area contributed by atoms with Crippen LogP contribution in [0.1, 0.15) is 41.6 Å². The molecule has 1 aromatic carbocycles. The molecule has 0 aliphatic carbocycles. The van der Waals surface area contributed by atoms with Gasteiger partial charge in [0.05, 0.1) is 5.39 Å². The predicted molar refractivity (Wildman–Crippen MR) is 147 cm³/mol. The highest BCUT2D eigenvalue weighted by Gasteiger charge is 2.21. The van der Waals surface area contributed by atoms with E-state index in [1.165, 1.54) is 10.4 Å². The van der Waals surface area contributed by atoms with Crippen LogP contribution in [0.2, 0.25) is 0 Å². The van der Waals surface area contributed by atoms with Crippen LogP contribution in [0.4, 0.5) is 11.5 Å². The Hall–Kier alpha value is -3.04. The molecule has 192 valence electrons. The molecule has 0 spiro atoms. The molecule has 0 fully saturated rings. The topological polar surface area (TPSA) is 81.7 Å². The molecular formula is C27H36N6O2S. The Morgan fingerprint density at radius 2 is 1.83 bits per heavy atom. The molecule has 2 aromatic heterocycles. The standard InChI is InChI=1S/C27H36N6O2S/c1-18-19(2)36-27-25(18)26(29-20(3)30-27)28-12-11-24(35)32-16-15-31(5)13-8-14-33(21(4)34)23-10-7-6-9-22(23)17-32/h6-7,9-10H,8,11-17H2,1-5H3,(H,28,29,30). The molecule has 3 heterocycles. The highest BCUT2D eigenvalue weighted by molar-refractivity contribution is 7.18. The highest BCUT2D eigenvalue weighted by atomic mass is 32.1. The van der Waals surface area contributed by atoms with Crippen LogP contribution < -0.4 is 10.2 Å². The first kappa shape index (κ1) is 26.0. The van der Waals surface area contributed by atoms with Crippen molar-refractivity contribution in [3.8, 4) is 0 Å². The maximum absolute atomic E-state index is 13.4. The summed E-state index contributed by atoms with van der Waals surface area (Å²) in [6.07, 6.45) is 1.24. The molecule has 1 N–H and O–H groups in total. The van der Waals surface area contributed by atoms with E-state index in [4.69, 9.17) is 0 Å². The monoisotopic (exact) mass is 508 g/mol. The number of aryl methyl sites for hydroxylation is 3. The van der Waals surface area contributed by atoms with Gasteiger partial charge in [-0.2, -0.15) is 0 Å². The number of nitrogens with zero attached hydrogens (tertiary/aromatic N) is 5. The van der Waals surface area contributed by atoms with Crippen molar-refractivity contribution < 1.29 is 9.59 Å². The summed E-state index contributed by atoms with van der Waals surface area (Å²) in [7, 11) is 2.07. The van der Waals surface area contributed by atoms with Crippen LogP contribution in [0.5, 0.6) is 0 Å². The molecule has 8 nitrogen and oxygen atoms in total. The van der Waals surface area contributed by atoms with Crippen LogP contribution >= 0.6 is 11.3 Å². The molecule has 1 aliphatic heterocycles. The van der Waals surface area contributed by atoms with Crippen LogP contribution in [0.25, 0.3) is 10.2 Å². The van der Waals surface area contributed by atoms with E-state index in [0.717, 1.165) is 52.6 Å². The van der Waals surface area contributed by atoms with Crippen LogP contribution in [0, 0.1) is 20.8 Å². The lowest BCUT2D eigenvalue weighted by molar-refractivity contribution is -0.131. The van der Waals surface area contributed by atoms with Gasteiger partial charge in [0.1, 0.15) is 16.5 Å². The molecular weight excluding hydrogens is 472 g/mol. The van der Waals surface area contributed by atoms with Gasteiger partial charge in [0.25, 0.3) is 0 Å². The number of amides is 2. The van der Waals surface area contributed by atoms with Crippen LogP contribution in [0.15, 0.2) is 24.3 Å². The normalized spacial score (nSPS) is 15.5. The smallest absolute Gasteiger partial charge is 0.224 e. The molecule has 1 aliphatic rings. The third kappa shape index (κ3) is 5.84. The van der Waals surface area contributed by atoms with E-state index in [0.29, 0.717) is 32.6 Å². The van der Waals surface area contributed by atoms with Gasteiger partial charge in [-0.05, 0) is 58.0 Å². The second kappa shape index (κ2) is 11.3. The fraction of sp³-hybridized carbons (Fsp3) is 0.481. The van der Waals surface area contributed by atoms with Gasteiger partial charge in [0.2, 0.25) is 11.8 Å². The molecule has 0 saturated heterocycles. The first-order chi connectivity index (χ1) is 17.2. The zero-order chi connectivity index (χ0) is 25.8. The lowest BCUT2D eigenvalue weighted by Crippen LogP contribution is -2.38. The molecule has 0 atom stereocenters. The summed E-state index contributed by atoms with van der Waals surface area (Å²) in [5.74, 6) is 1.63. The molecule has 0 saturated carbocycles. The highest BCUT2D eigenvalue weighted by Crippen LogP contribution is 2.33. The van der Waals surface area contributed by atoms with Crippen LogP contribution in [-0.2, 0) is 16.1 Å². The van der Waals surface area contributed by atoms with Gasteiger partial charge < -0.3 is 20.0 Å². The Labute approximate surface area is 217 Å². The quantitative estimate of drug-likeness (QED) is 0.571. The third-order valence-electron chi connectivity index (χ3n) is 6.82. The summed E-state index contributed by atoms with van der Waals surface area (Å²) in [6.45, 7) is 11.6. The number of thiophene rings is 1. The van der Waals surface area contributed by atoms with Gasteiger partial charge in [0, 0.05) is 56.6 Å². The number of rotatable bonds is 4. The number of para-hydroxylation sites is 1. The van der Waals surface area contributed by atoms with Crippen molar-refractivity contribution in [2.75, 3.05) is 50.0 Å². The van der Waals surface area contributed by atoms with Crippen LogP contribution in [-0.4, -0.2) is 71.4 Å². The first-order valence-electron chi connectivity index (χ1n) is 12.5. The summed E-state index contributed by atoms with van der Waals surface area (Å²) >= 11 is 1.68. The second-order valence-electron chi connectivity index (χ2n) is 9.53. The minimum Gasteiger partial charge on any atom is -0.369 e. The fourth-order valence-electron chi connectivity index (χ4n) is 4.69. The number of hydrogen-bond acceptors (Lipinski definition) is 7. The molecule has 2 amide bonds. The summed E-state index contributed by atoms with van der Waals surface area (Å²) in [5, 5.41) is 4.45. The van der Waals surface area contributed by atoms with Crippen molar-refractivity contribution >= 4 is 44.9 Å². The number of aromatic nitrogens is 2. The number of carbonyl (C=O) groups excluding carboxylic acids is 2. The number of likely N-dealkylation sites (N-methyl/N-ethyl adjacent to an activating group) is 1. The molecule has 0 unspecified atom stereocenters. The lowest BCUT2D eigenvalue weighted by Gasteiger charge is -2.27. The maximum atomic E-state index is 13.4. The summed E-state index contributed by atoms with van der Waals surface area (Å²) < 4.78 is 0. The van der Waals surface area contributed by atoms with Gasteiger partial charge >= 0.3 is 0 Å². The molecule has 0 bridgehead atoms. The minimum atomic E-state index is 0.0249. The largest absolute Gasteiger partial charge is 0.369 e. The number of fused-ring (bicyclic) bond motifs is 2. The van der Waals surface area contributed by atoms with Crippen molar-refractivity contribution in [1.29, 1.82) is 0 Å². The van der Waals surface area contributed by atoms with E-state index >= 15 is 0 Å². The summed E-state index contributed by atoms with van der Waals surface area (Å²) in [6, 6.07) is 7.93. The number of benzene rings is 1. The lowest BCUT2D eigenvalue weighted by atomic mass is 10.1. The number of anilines is 2. The molecule has 9 heteroatoms. The van der Waals surface area contributed by atoms with E-state index in [2.05, 4.69) is 41.1 Å². The van der Waals surface area contributed by atoms with Crippen molar-refractivity contribution in [3.63, 3.8) is 0 Å². The van der Waals surface area contributed by atoms with Gasteiger partial charge in [0.15, 0.2) is 0 Å². The number of hydrogen-bond donors (Lipinski definition) is 1. The Morgan fingerprint density at radius 3 is 2.61 bits per heavy atom. The number of carbonyl (C=O) groups is 2. The van der Waals surface area contributed by atoms with Crippen LogP contribution in [0.3, 0.4) is 0 Å². The molecule has 0 radical (unpaired) electrons. The van der Waals surface area contributed by atoms with Gasteiger partial charge in [-0.25, -0.2) is 9.97 Å². The summed E-state index contributed by atoms with van der Waals surface area (Å²) in [5.41, 5.74) is 3.08. The molecule has 3 aromatic rings. The van der Waals surface area contributed by atoms with Gasteiger partial charge in [-0.15, -0.1) is 11.3 Å². The zero-order valence-corrected chi connectivity index (χ0v) is 22.7. The number of nitrogens with one attached hydrogen (secondary N) is 1. The fourth-order valence-corrected chi connectivity index (χ4v) is 5.76. The van der Waals surface area contributed by atoms with Crippen molar-refractivity contribution in [3.05, 3.63) is 46.1 Å². The Bertz CT molecular complexity index is 1260. The molecule has 4 rings (SSSR count). The van der Waals surface area contributed by atoms with Crippen molar-refractivity contribution in [2.24, 2.45) is 0 Å². The van der Waals surface area contributed by atoms with E-state index in [9.17, 15) is 9.59 Å². The summed E-state index contributed by atoms with van der Waals surface area (Å²) in [4.78, 5) is 43.3. The third-order valence-corrected chi connectivity index (χ3v) is 7.92. The van der Waals surface area contributed by atoms with Gasteiger partial charge in [-0.1, -0.05) is 18.2 Å². The molecule has 36 heavy (non-hydrogen) atoms. The zero-order valence-electron chi connectivity index (χ0n) is 21.9. The van der Waals surface area contributed by atoms with E-state index in [1.54, 1.807) is 18.3 Å². The van der Waals surface area contributed by atoms with Gasteiger partial charge in [-0.3, -0.25) is 9.59 Å². The van der Waals surface area contributed by atoms with E-state index in [-0.39, 0.29) is 11.8 Å². The Morgan fingerprint density at radius 1 is 1.06 bits per heavy atom. The maximum Gasteiger partial charge on any atom is 0.224 e. The van der Waals surface area contributed by atoms with Crippen molar-refractivity contribution in [1.82, 2.24) is 19.8 Å². The Balaban J connectivity index is 1.51. The second-order valence-corrected chi connectivity index (χ2v) is 10.7. The predicted octanol–water partition coefficient (Wildman–Crippen LogP) is 4.14. The first-order valence-corrected chi connectivity index (χ1v) is 13.4. The van der Waals surface area contributed by atoms with E-state index < -0.39 is 0 Å². The SMILES string of the molecule is CC(=O)N1CCCN(C)CCN(C(=O)CCNc2nc(C)nc3sc(C)c(C)c23)Cc2ccccc21. The Kier molecular flexibility index (Phi) is 8.21. The van der Waals surface area contributed by atoms with E-state index in [1.807, 2.05) is 41.0 Å². The average Bonchev–Trinajstić information content (AvgIpc) is 3.10. The average molecular weight is 509 g/mol. The minimum absolute atomic E-state index is 0.0249. The van der Waals surface area contributed by atoms with Crippen molar-refractivity contribution in [2.45, 2.75) is 47.1 Å².